The van der Waals surface area contributed by atoms with E-state index in [0.29, 0.717) is 16.9 Å². The van der Waals surface area contributed by atoms with Crippen molar-refractivity contribution < 1.29 is 42.3 Å². The lowest BCUT2D eigenvalue weighted by Gasteiger charge is -2.36. The molecule has 2 unspecified atom stereocenters. The van der Waals surface area contributed by atoms with Crippen LogP contribution in [0.1, 0.15) is 11.1 Å². The lowest BCUT2D eigenvalue weighted by molar-refractivity contribution is -0.212. The molecule has 4 rings (SSSR count). The van der Waals surface area contributed by atoms with E-state index in [2.05, 4.69) is 17.9 Å². The Hall–Kier alpha value is -1.37. The number of thiol groups is 1. The Morgan fingerprint density at radius 3 is 2.97 bits per heavy atom. The van der Waals surface area contributed by atoms with Crippen molar-refractivity contribution >= 4 is 38.0 Å². The molecule has 0 bridgehead atoms. The number of ether oxygens (including phenoxy) is 1. The van der Waals surface area contributed by atoms with Crippen LogP contribution in [0, 0.1) is 6.92 Å². The van der Waals surface area contributed by atoms with Gasteiger partial charge in [-0.2, -0.15) is 0 Å². The number of hydrogen-bond donors (Lipinski definition) is 4. The van der Waals surface area contributed by atoms with Gasteiger partial charge in [-0.15, -0.1) is 12.6 Å². The number of alkyl halides is 1. The van der Waals surface area contributed by atoms with Gasteiger partial charge < -0.3 is 29.7 Å². The van der Waals surface area contributed by atoms with Crippen LogP contribution in [0.5, 0.6) is 5.75 Å². The minimum absolute atomic E-state index is 0.0830. The second kappa shape index (κ2) is 8.20. The lowest BCUT2D eigenvalue weighted by Crippen LogP contribution is -2.53. The SMILES string of the molecule is Cc1cccc2c1OP(=O)(OC[C@@]1(F)O[C@@H](N3C=C(Cl)C(=O)NC3S)[C@H](O)[C@@H]1O)OC2. The number of aliphatic hydroxyl groups is 2. The van der Waals surface area contributed by atoms with Crippen molar-refractivity contribution in [3.63, 3.8) is 0 Å². The van der Waals surface area contributed by atoms with E-state index in [1.54, 1.807) is 25.1 Å². The van der Waals surface area contributed by atoms with E-state index >= 15 is 4.39 Å². The second-order valence-corrected chi connectivity index (χ2v) is 9.64. The molecule has 0 spiro atoms. The van der Waals surface area contributed by atoms with Gasteiger partial charge in [0.1, 0.15) is 35.1 Å². The first-order valence-electron chi connectivity index (χ1n) is 9.07. The average molecular weight is 497 g/mol. The molecular weight excluding hydrogens is 478 g/mol. The summed E-state index contributed by atoms with van der Waals surface area (Å²) in [7, 11) is -4.23. The molecule has 0 aromatic heterocycles. The summed E-state index contributed by atoms with van der Waals surface area (Å²) in [6.07, 6.45) is -4.26. The van der Waals surface area contributed by atoms with E-state index in [0.717, 1.165) is 11.1 Å². The summed E-state index contributed by atoms with van der Waals surface area (Å²) in [4.78, 5) is 12.7. The highest BCUT2D eigenvalue weighted by Crippen LogP contribution is 2.56. The number of fused-ring (bicyclic) bond motifs is 1. The van der Waals surface area contributed by atoms with Crippen molar-refractivity contribution in [3.8, 4) is 5.75 Å². The molecule has 0 aliphatic carbocycles. The summed E-state index contributed by atoms with van der Waals surface area (Å²) < 4.78 is 49.0. The molecule has 1 fully saturated rings. The van der Waals surface area contributed by atoms with Crippen molar-refractivity contribution in [1.82, 2.24) is 10.2 Å². The smallest absolute Gasteiger partial charge is 0.403 e. The molecule has 3 N–H and O–H groups in total. The number of amides is 1. The molecule has 0 saturated carbocycles. The number of carbonyl (C=O) groups excluding carboxylic acids is 1. The van der Waals surface area contributed by atoms with Crippen molar-refractivity contribution in [3.05, 3.63) is 40.6 Å². The normalized spacial score (nSPS) is 37.7. The van der Waals surface area contributed by atoms with E-state index in [9.17, 15) is 19.6 Å². The van der Waals surface area contributed by atoms with Gasteiger partial charge in [0.15, 0.2) is 6.23 Å². The number of halogens is 2. The standard InChI is InChI=1S/C17H19ClFN2O8PS/c1-8-3-2-4-9-6-26-30(25,29-12(8)9)27-7-17(19)13(23)11(22)15(28-17)21-5-10(18)14(24)20-16(21)31/h2-5,11,13,15-16,22-23,31H,6-7H2,1H3,(H,20,24)/t11-,13+,15-,16?,17-,30?/m1/s1. The quantitative estimate of drug-likeness (QED) is 0.362. The minimum atomic E-state index is -4.23. The van der Waals surface area contributed by atoms with Crippen LogP contribution in [-0.2, 0) is 29.8 Å². The monoisotopic (exact) mass is 496 g/mol. The number of para-hydroxylation sites is 1. The first kappa shape index (κ1) is 22.8. The molecule has 31 heavy (non-hydrogen) atoms. The van der Waals surface area contributed by atoms with Crippen LogP contribution in [0.4, 0.5) is 4.39 Å². The van der Waals surface area contributed by atoms with Gasteiger partial charge in [-0.1, -0.05) is 29.8 Å². The molecule has 1 amide bonds. The predicted molar refractivity (Wildman–Crippen MR) is 108 cm³/mol. The van der Waals surface area contributed by atoms with Crippen LogP contribution in [0.25, 0.3) is 0 Å². The molecule has 1 aromatic carbocycles. The van der Waals surface area contributed by atoms with E-state index in [1.165, 1.54) is 0 Å². The van der Waals surface area contributed by atoms with Gasteiger partial charge in [-0.25, -0.2) is 8.96 Å². The molecule has 3 aliphatic heterocycles. The van der Waals surface area contributed by atoms with E-state index < -0.39 is 50.1 Å². The van der Waals surface area contributed by atoms with Crippen molar-refractivity contribution in [2.24, 2.45) is 0 Å². The first-order valence-corrected chi connectivity index (χ1v) is 11.4. The fourth-order valence-electron chi connectivity index (χ4n) is 3.32. The summed E-state index contributed by atoms with van der Waals surface area (Å²) in [6, 6.07) is 5.23. The second-order valence-electron chi connectivity index (χ2n) is 7.15. The molecule has 3 heterocycles. The van der Waals surface area contributed by atoms with Gasteiger partial charge in [0.25, 0.3) is 11.8 Å². The Labute approximate surface area is 186 Å². The summed E-state index contributed by atoms with van der Waals surface area (Å²) in [5.41, 5.74) is 0.309. The first-order chi connectivity index (χ1) is 14.5. The van der Waals surface area contributed by atoms with Gasteiger partial charge in [0, 0.05) is 11.8 Å². The zero-order valence-electron chi connectivity index (χ0n) is 16.0. The number of phosphoric acid groups is 1. The Kier molecular flexibility index (Phi) is 6.03. The van der Waals surface area contributed by atoms with Gasteiger partial charge in [0.05, 0.1) is 6.61 Å². The van der Waals surface area contributed by atoms with Crippen LogP contribution in [-0.4, -0.2) is 57.4 Å². The third-order valence-electron chi connectivity index (χ3n) is 4.98. The zero-order valence-corrected chi connectivity index (χ0v) is 18.5. The highest BCUT2D eigenvalue weighted by Gasteiger charge is 2.59. The van der Waals surface area contributed by atoms with E-state index in [1.807, 2.05) is 0 Å². The molecule has 1 saturated heterocycles. The lowest BCUT2D eigenvalue weighted by atomic mass is 10.1. The third kappa shape index (κ3) is 4.19. The Bertz CT molecular complexity index is 985. The van der Waals surface area contributed by atoms with E-state index in [4.69, 9.17) is 29.9 Å². The summed E-state index contributed by atoms with van der Waals surface area (Å²) in [5.74, 6) is -3.30. The summed E-state index contributed by atoms with van der Waals surface area (Å²) >= 11 is 9.90. The number of rotatable bonds is 4. The van der Waals surface area contributed by atoms with Crippen molar-refractivity contribution in [2.75, 3.05) is 6.61 Å². The van der Waals surface area contributed by atoms with Gasteiger partial charge >= 0.3 is 7.82 Å². The third-order valence-corrected chi connectivity index (χ3v) is 6.95. The average Bonchev–Trinajstić information content (AvgIpc) is 2.95. The molecule has 3 aliphatic rings. The maximum atomic E-state index is 15.4. The fourth-order valence-corrected chi connectivity index (χ4v) is 5.09. The number of hydrogen-bond acceptors (Lipinski definition) is 10. The van der Waals surface area contributed by atoms with Gasteiger partial charge in [0.2, 0.25) is 0 Å². The van der Waals surface area contributed by atoms with Gasteiger partial charge in [-0.05, 0) is 12.5 Å². The Morgan fingerprint density at radius 1 is 1.48 bits per heavy atom. The molecule has 170 valence electrons. The molecular formula is C17H19ClFN2O8PS. The number of aliphatic hydroxyl groups excluding tert-OH is 2. The fraction of sp³-hybridized carbons (Fsp3) is 0.471. The van der Waals surface area contributed by atoms with Crippen LogP contribution < -0.4 is 9.84 Å². The molecule has 14 heteroatoms. The van der Waals surface area contributed by atoms with Gasteiger partial charge in [-0.3, -0.25) is 13.8 Å². The van der Waals surface area contributed by atoms with Crippen molar-refractivity contribution in [1.29, 1.82) is 0 Å². The number of aryl methyl sites for hydroxylation is 1. The Balaban J connectivity index is 1.48. The molecule has 1 aromatic rings. The summed E-state index contributed by atoms with van der Waals surface area (Å²) in [6.45, 7) is 0.579. The number of benzene rings is 1. The molecule has 6 atom stereocenters. The van der Waals surface area contributed by atoms with Crippen LogP contribution >= 0.6 is 32.1 Å². The maximum Gasteiger partial charge on any atom is 0.530 e. The zero-order chi connectivity index (χ0) is 22.6. The topological polar surface area (TPSA) is 127 Å². The predicted octanol–water partition coefficient (Wildman–Crippen LogP) is 1.50. The molecule has 0 radical (unpaired) electrons. The maximum absolute atomic E-state index is 15.4. The van der Waals surface area contributed by atoms with Crippen LogP contribution in [0.3, 0.4) is 0 Å². The molecule has 10 nitrogen and oxygen atoms in total. The summed E-state index contributed by atoms with van der Waals surface area (Å²) in [5, 5.41) is 22.7. The Morgan fingerprint density at radius 2 is 2.23 bits per heavy atom. The van der Waals surface area contributed by atoms with E-state index in [-0.39, 0.29) is 11.6 Å². The highest BCUT2D eigenvalue weighted by atomic mass is 35.5. The van der Waals surface area contributed by atoms with Crippen molar-refractivity contribution in [2.45, 2.75) is 43.3 Å². The number of nitrogens with zero attached hydrogens (tertiary/aromatic N) is 1. The van der Waals surface area contributed by atoms with Crippen LogP contribution in [0.15, 0.2) is 29.4 Å². The minimum Gasteiger partial charge on any atom is -0.403 e. The number of nitrogens with one attached hydrogen (secondary N) is 1. The number of phosphoric ester groups is 1. The highest BCUT2D eigenvalue weighted by molar-refractivity contribution is 7.80. The largest absolute Gasteiger partial charge is 0.530 e. The van der Waals surface area contributed by atoms with Crippen LogP contribution in [0.2, 0.25) is 0 Å². The number of carbonyl (C=O) groups is 1.